The van der Waals surface area contributed by atoms with Crippen molar-refractivity contribution in [2.45, 2.75) is 79.9 Å². The summed E-state index contributed by atoms with van der Waals surface area (Å²) in [6.07, 6.45) is 0.678. The molecular formula is C25H47N5O6S. The molecule has 3 amide bonds. The molecule has 2 fully saturated rings. The molecule has 4 atom stereocenters. The molecule has 37 heavy (non-hydrogen) atoms. The third kappa shape index (κ3) is 7.14. The van der Waals surface area contributed by atoms with E-state index in [0.717, 1.165) is 0 Å². The Morgan fingerprint density at radius 3 is 2.00 bits per heavy atom. The minimum atomic E-state index is -3.57. The largest absolute Gasteiger partial charge is 0.467 e. The van der Waals surface area contributed by atoms with Gasteiger partial charge in [-0.05, 0) is 29.1 Å². The molecule has 11 nitrogen and oxygen atoms in total. The number of carbonyl (C=O) groups is 3. The highest BCUT2D eigenvalue weighted by molar-refractivity contribution is 7.87. The number of amides is 3. The number of nitrogens with one attached hydrogen (secondary N) is 2. The van der Waals surface area contributed by atoms with E-state index in [1.54, 1.807) is 4.90 Å². The van der Waals surface area contributed by atoms with Gasteiger partial charge in [-0.25, -0.2) is 9.59 Å². The van der Waals surface area contributed by atoms with Crippen LogP contribution in [-0.4, -0.2) is 98.3 Å². The maximum Gasteiger partial charge on any atom is 0.328 e. The zero-order chi connectivity index (χ0) is 28.5. The minimum Gasteiger partial charge on any atom is -0.467 e. The fourth-order valence-corrected chi connectivity index (χ4v) is 6.29. The third-order valence-corrected chi connectivity index (χ3v) is 9.49. The number of rotatable bonds is 7. The van der Waals surface area contributed by atoms with Crippen molar-refractivity contribution >= 4 is 28.1 Å². The summed E-state index contributed by atoms with van der Waals surface area (Å²) in [6, 6.07) is -2.68. The Morgan fingerprint density at radius 1 is 0.973 bits per heavy atom. The molecule has 2 heterocycles. The SMILES string of the molecule is COC(=O)[C@@H]1[C@@H](C(C)C)CCN1C(=O)[C@@H](NC(=O)N[C@H](CN1CCN(C)S1(=O)=O)C(C)(C)C)C(C)(C)C. The van der Waals surface area contributed by atoms with Gasteiger partial charge in [-0.15, -0.1) is 0 Å². The first kappa shape index (κ1) is 31.3. The summed E-state index contributed by atoms with van der Waals surface area (Å²) in [6.45, 7) is 16.6. The van der Waals surface area contributed by atoms with Crippen LogP contribution < -0.4 is 10.6 Å². The molecule has 0 aromatic carbocycles. The molecule has 0 bridgehead atoms. The van der Waals surface area contributed by atoms with Gasteiger partial charge in [-0.2, -0.15) is 17.0 Å². The van der Waals surface area contributed by atoms with Crippen LogP contribution >= 0.6 is 0 Å². The number of nitrogens with zero attached hydrogens (tertiary/aromatic N) is 3. The summed E-state index contributed by atoms with van der Waals surface area (Å²) in [5.74, 6) is -0.639. The Balaban J connectivity index is 2.24. The lowest BCUT2D eigenvalue weighted by atomic mass is 9.84. The fraction of sp³-hybridized carbons (Fsp3) is 0.880. The Hall–Kier alpha value is -1.92. The van der Waals surface area contributed by atoms with Crippen LogP contribution in [0.15, 0.2) is 0 Å². The molecule has 2 aliphatic heterocycles. The maximum absolute atomic E-state index is 13.8. The van der Waals surface area contributed by atoms with Crippen LogP contribution in [0.5, 0.6) is 0 Å². The number of hydrogen-bond acceptors (Lipinski definition) is 6. The predicted molar refractivity (Wildman–Crippen MR) is 142 cm³/mol. The van der Waals surface area contributed by atoms with Crippen molar-refractivity contribution in [3.05, 3.63) is 0 Å². The van der Waals surface area contributed by atoms with E-state index in [1.807, 2.05) is 55.4 Å². The molecule has 12 heteroatoms. The van der Waals surface area contributed by atoms with Crippen LogP contribution in [0.25, 0.3) is 0 Å². The molecule has 0 spiro atoms. The van der Waals surface area contributed by atoms with Gasteiger partial charge in [0, 0.05) is 39.3 Å². The molecule has 2 aliphatic rings. The minimum absolute atomic E-state index is 0.0309. The van der Waals surface area contributed by atoms with Gasteiger partial charge in [0.15, 0.2) is 0 Å². The summed E-state index contributed by atoms with van der Waals surface area (Å²) in [4.78, 5) is 41.3. The van der Waals surface area contributed by atoms with E-state index in [0.29, 0.717) is 26.1 Å². The van der Waals surface area contributed by atoms with E-state index in [1.165, 1.54) is 22.8 Å². The van der Waals surface area contributed by atoms with Gasteiger partial charge in [0.25, 0.3) is 10.2 Å². The van der Waals surface area contributed by atoms with Gasteiger partial charge in [-0.3, -0.25) is 4.79 Å². The van der Waals surface area contributed by atoms with Gasteiger partial charge in [0.2, 0.25) is 5.91 Å². The molecular weight excluding hydrogens is 498 g/mol. The smallest absolute Gasteiger partial charge is 0.328 e. The summed E-state index contributed by atoms with van der Waals surface area (Å²) in [5, 5.41) is 5.76. The number of carbonyl (C=O) groups excluding carboxylic acids is 3. The number of hydrogen-bond donors (Lipinski definition) is 2. The molecule has 2 rings (SSSR count). The highest BCUT2D eigenvalue weighted by Gasteiger charge is 2.48. The summed E-state index contributed by atoms with van der Waals surface area (Å²) >= 11 is 0. The Morgan fingerprint density at radius 2 is 1.57 bits per heavy atom. The van der Waals surface area contributed by atoms with Gasteiger partial charge in [0.05, 0.1) is 7.11 Å². The summed E-state index contributed by atoms with van der Waals surface area (Å²) in [5.41, 5.74) is -1.10. The Labute approximate surface area is 222 Å². The number of methoxy groups -OCH3 is 1. The lowest BCUT2D eigenvalue weighted by Crippen LogP contribution is -2.61. The zero-order valence-electron chi connectivity index (χ0n) is 24.1. The standard InChI is InChI=1S/C25H47N5O6S/c1-16(2)17-11-12-30(19(17)22(32)36-10)21(31)20(25(6,7)8)27-23(33)26-18(24(3,4)5)15-29-14-13-28(9)37(29,34)35/h16-20H,11-15H2,1-10H3,(H2,26,27,33)/t17-,18-,19+,20-/m1/s1. The second kappa shape index (κ2) is 11.4. The van der Waals surface area contributed by atoms with Crippen molar-refractivity contribution < 1.29 is 27.5 Å². The van der Waals surface area contributed by atoms with Gasteiger partial charge < -0.3 is 20.3 Å². The van der Waals surface area contributed by atoms with Crippen molar-refractivity contribution in [3.63, 3.8) is 0 Å². The molecule has 0 radical (unpaired) electrons. The highest BCUT2D eigenvalue weighted by Crippen LogP contribution is 2.34. The fourth-order valence-electron chi connectivity index (χ4n) is 4.94. The molecule has 0 unspecified atom stereocenters. The lowest BCUT2D eigenvalue weighted by Gasteiger charge is -2.38. The van der Waals surface area contributed by atoms with Gasteiger partial charge in [0.1, 0.15) is 12.1 Å². The first-order valence-electron chi connectivity index (χ1n) is 13.0. The Kier molecular flexibility index (Phi) is 9.68. The van der Waals surface area contributed by atoms with Crippen LogP contribution in [-0.2, 0) is 24.5 Å². The first-order chi connectivity index (χ1) is 16.8. The normalized spacial score (nSPS) is 24.7. The first-order valence-corrected chi connectivity index (χ1v) is 14.4. The monoisotopic (exact) mass is 545 g/mol. The van der Waals surface area contributed by atoms with E-state index in [-0.39, 0.29) is 24.3 Å². The molecule has 214 valence electrons. The average molecular weight is 546 g/mol. The lowest BCUT2D eigenvalue weighted by molar-refractivity contribution is -0.154. The predicted octanol–water partition coefficient (Wildman–Crippen LogP) is 1.65. The van der Waals surface area contributed by atoms with Crippen LogP contribution in [0.2, 0.25) is 0 Å². The van der Waals surface area contributed by atoms with E-state index in [4.69, 9.17) is 4.74 Å². The van der Waals surface area contributed by atoms with E-state index in [9.17, 15) is 22.8 Å². The molecule has 2 N–H and O–H groups in total. The van der Waals surface area contributed by atoms with Crippen molar-refractivity contribution in [2.75, 3.05) is 40.3 Å². The van der Waals surface area contributed by atoms with Gasteiger partial charge in [-0.1, -0.05) is 55.4 Å². The van der Waals surface area contributed by atoms with Crippen molar-refractivity contribution in [1.29, 1.82) is 0 Å². The summed E-state index contributed by atoms with van der Waals surface area (Å²) in [7, 11) is -0.716. The van der Waals surface area contributed by atoms with E-state index in [2.05, 4.69) is 10.6 Å². The van der Waals surface area contributed by atoms with E-state index < -0.39 is 51.2 Å². The van der Waals surface area contributed by atoms with Gasteiger partial charge >= 0.3 is 12.0 Å². The Bertz CT molecular complexity index is 956. The molecule has 2 saturated heterocycles. The molecule has 0 aromatic rings. The van der Waals surface area contributed by atoms with E-state index >= 15 is 0 Å². The molecule has 0 aromatic heterocycles. The third-order valence-electron chi connectivity index (χ3n) is 7.54. The number of urea groups is 1. The van der Waals surface area contributed by atoms with Crippen molar-refractivity contribution in [2.24, 2.45) is 22.7 Å². The van der Waals surface area contributed by atoms with Crippen LogP contribution in [0.4, 0.5) is 4.79 Å². The second-order valence-corrected chi connectivity index (χ2v) is 14.8. The number of likely N-dealkylation sites (tertiary alicyclic amines) is 1. The number of ether oxygens (including phenoxy) is 1. The number of esters is 1. The molecule has 0 aliphatic carbocycles. The topological polar surface area (TPSA) is 128 Å². The maximum atomic E-state index is 13.8. The molecule has 0 saturated carbocycles. The van der Waals surface area contributed by atoms with Crippen LogP contribution in [0.1, 0.15) is 61.8 Å². The van der Waals surface area contributed by atoms with Crippen LogP contribution in [0.3, 0.4) is 0 Å². The quantitative estimate of drug-likeness (QED) is 0.468. The zero-order valence-corrected chi connectivity index (χ0v) is 24.9. The average Bonchev–Trinajstić information content (AvgIpc) is 3.31. The van der Waals surface area contributed by atoms with Crippen molar-refractivity contribution in [1.82, 2.24) is 24.1 Å². The number of likely N-dealkylation sites (N-methyl/N-ethyl adjacent to an activating group) is 1. The van der Waals surface area contributed by atoms with Crippen molar-refractivity contribution in [3.8, 4) is 0 Å². The summed E-state index contributed by atoms with van der Waals surface area (Å²) < 4.78 is 32.9. The second-order valence-electron chi connectivity index (χ2n) is 12.7. The van der Waals surface area contributed by atoms with Crippen LogP contribution in [0, 0.1) is 22.7 Å². The highest BCUT2D eigenvalue weighted by atomic mass is 32.2.